The topological polar surface area (TPSA) is 133 Å². The van der Waals surface area contributed by atoms with E-state index in [0.29, 0.717) is 0 Å². The van der Waals surface area contributed by atoms with E-state index in [4.69, 9.17) is 4.74 Å². The Morgan fingerprint density at radius 2 is 0.917 bits per heavy atom. The molecular weight excluding hydrogens is 382 g/mol. The molecule has 0 unspecified atom stereocenters. The summed E-state index contributed by atoms with van der Waals surface area (Å²) in [6, 6.07) is 19.5. The number of hydrogen-bond donors (Lipinski definition) is 0. The van der Waals surface area contributed by atoms with Gasteiger partial charge in [0.25, 0.3) is 0 Å². The molecule has 8 nitrogen and oxygen atoms in total. The minimum atomic E-state index is -5.43. The number of ether oxygens (including phenoxy) is 1. The summed E-state index contributed by atoms with van der Waals surface area (Å²) in [6.45, 7) is 0. The first-order valence-corrected chi connectivity index (χ1v) is 8.23. The van der Waals surface area contributed by atoms with E-state index >= 15 is 0 Å². The minimum absolute atomic E-state index is 0. The molecule has 12 heteroatoms. The summed E-state index contributed by atoms with van der Waals surface area (Å²) >= 11 is 0. The summed E-state index contributed by atoms with van der Waals surface area (Å²) in [5.74, 6) is 1.74. The first-order chi connectivity index (χ1) is 10.2. The Kier molecular flexibility index (Phi) is 13.5. The number of para-hydroxylation sites is 2. The molecule has 0 aliphatic heterocycles. The van der Waals surface area contributed by atoms with Gasteiger partial charge in [-0.2, -0.15) is 3.63 Å². The van der Waals surface area contributed by atoms with Crippen molar-refractivity contribution in [2.45, 2.75) is 0 Å². The van der Waals surface area contributed by atoms with Crippen molar-refractivity contribution >= 4 is 20.8 Å². The largest absolute Gasteiger partial charge is 1.00 e. The Labute approximate surface area is 184 Å². The summed E-state index contributed by atoms with van der Waals surface area (Å²) < 4.78 is 63.8. The van der Waals surface area contributed by atoms with Gasteiger partial charge in [0, 0.05) is 0 Å². The fourth-order valence-electron chi connectivity index (χ4n) is 1.22. The van der Waals surface area contributed by atoms with E-state index < -0.39 is 20.8 Å². The standard InChI is InChI=1S/C12H10O.2Na.H2O7S2/c1-3-7-11(8-4-1)13-12-9-5-2-6-10-12;;;1-8(2,3)7-9(4,5)6/h1-10H;;;(H,1,2,3)(H,4,5,6)/q;2*+1;/p-2. The van der Waals surface area contributed by atoms with Crippen LogP contribution in [0.3, 0.4) is 0 Å². The smallest absolute Gasteiger partial charge is 0.725 e. The Hall–Kier alpha value is 0.0200. The van der Waals surface area contributed by atoms with Crippen LogP contribution in [0.5, 0.6) is 11.5 Å². The summed E-state index contributed by atoms with van der Waals surface area (Å²) in [5.41, 5.74) is 0. The van der Waals surface area contributed by atoms with Crippen LogP contribution in [0.15, 0.2) is 60.7 Å². The van der Waals surface area contributed by atoms with Gasteiger partial charge >= 0.3 is 59.1 Å². The molecule has 0 radical (unpaired) electrons. The molecule has 0 aliphatic rings. The zero-order valence-corrected chi connectivity index (χ0v) is 18.5. The number of hydrogen-bond acceptors (Lipinski definition) is 8. The minimum Gasteiger partial charge on any atom is -0.725 e. The molecule has 2 aromatic carbocycles. The van der Waals surface area contributed by atoms with Crippen molar-refractivity contribution < 1.29 is 93.4 Å². The van der Waals surface area contributed by atoms with Crippen LogP contribution in [-0.4, -0.2) is 25.9 Å². The first kappa shape index (κ1) is 26.3. The van der Waals surface area contributed by atoms with Gasteiger partial charge in [0.15, 0.2) is 0 Å². The van der Waals surface area contributed by atoms with Crippen LogP contribution < -0.4 is 63.9 Å². The molecule has 0 saturated heterocycles. The van der Waals surface area contributed by atoms with Crippen LogP contribution in [-0.2, 0) is 24.4 Å². The molecule has 0 fully saturated rings. The van der Waals surface area contributed by atoms with Gasteiger partial charge in [0.2, 0.25) is 20.8 Å². The summed E-state index contributed by atoms with van der Waals surface area (Å²) in [5, 5.41) is 0. The van der Waals surface area contributed by atoms with Gasteiger partial charge in [-0.15, -0.1) is 0 Å². The molecule has 2 aromatic rings. The molecule has 0 heterocycles. The van der Waals surface area contributed by atoms with Crippen molar-refractivity contribution in [3.05, 3.63) is 60.7 Å². The molecule has 0 aliphatic carbocycles. The average molecular weight is 392 g/mol. The fourth-order valence-corrected chi connectivity index (χ4v) is 2.03. The van der Waals surface area contributed by atoms with Crippen LogP contribution >= 0.6 is 0 Å². The molecule has 120 valence electrons. The monoisotopic (exact) mass is 392 g/mol. The van der Waals surface area contributed by atoms with Crippen LogP contribution in [0.2, 0.25) is 0 Å². The van der Waals surface area contributed by atoms with E-state index in [1.807, 2.05) is 60.7 Å². The Morgan fingerprint density at radius 1 is 0.625 bits per heavy atom. The van der Waals surface area contributed by atoms with Gasteiger partial charge in [-0.3, -0.25) is 0 Å². The van der Waals surface area contributed by atoms with Gasteiger partial charge in [0.1, 0.15) is 11.5 Å². The normalized spacial score (nSPS) is 10.2. The van der Waals surface area contributed by atoms with E-state index in [2.05, 4.69) is 3.63 Å². The maximum atomic E-state index is 9.29. The maximum absolute atomic E-state index is 9.29. The number of rotatable bonds is 4. The van der Waals surface area contributed by atoms with Crippen LogP contribution in [0, 0.1) is 0 Å². The molecule has 0 amide bonds. The van der Waals surface area contributed by atoms with Crippen molar-refractivity contribution in [3.63, 3.8) is 0 Å². The van der Waals surface area contributed by atoms with Crippen molar-refractivity contribution in [3.8, 4) is 11.5 Å². The number of benzene rings is 2. The fraction of sp³-hybridized carbons (Fsp3) is 0. The summed E-state index contributed by atoms with van der Waals surface area (Å²) in [7, 11) is -10.9. The molecular formula is C12H10Na2O8S2. The van der Waals surface area contributed by atoms with Crippen molar-refractivity contribution in [1.82, 2.24) is 0 Å². The molecule has 0 saturated carbocycles. The molecule has 2 rings (SSSR count). The molecule has 0 bridgehead atoms. The molecule has 0 atom stereocenters. The summed E-state index contributed by atoms with van der Waals surface area (Å²) in [4.78, 5) is 0. The zero-order chi connectivity index (χ0) is 16.6. The first-order valence-electron chi connectivity index (χ1n) is 5.56. The Bertz CT molecular complexity index is 713. The van der Waals surface area contributed by atoms with Crippen molar-refractivity contribution in [2.75, 3.05) is 0 Å². The predicted molar refractivity (Wildman–Crippen MR) is 73.4 cm³/mol. The van der Waals surface area contributed by atoms with Gasteiger partial charge < -0.3 is 13.8 Å². The molecule has 0 spiro atoms. The van der Waals surface area contributed by atoms with Crippen LogP contribution in [0.1, 0.15) is 0 Å². The second-order valence-electron chi connectivity index (χ2n) is 3.61. The molecule has 24 heavy (non-hydrogen) atoms. The molecule has 0 N–H and O–H groups in total. The van der Waals surface area contributed by atoms with Gasteiger partial charge in [0.05, 0.1) is 0 Å². The van der Waals surface area contributed by atoms with E-state index in [9.17, 15) is 25.9 Å². The van der Waals surface area contributed by atoms with Gasteiger partial charge in [-0.05, 0) is 24.3 Å². The second kappa shape index (κ2) is 12.4. The van der Waals surface area contributed by atoms with E-state index in [0.717, 1.165) is 11.5 Å². The quantitative estimate of drug-likeness (QED) is 0.288. The second-order valence-corrected chi connectivity index (χ2v) is 5.79. The third kappa shape index (κ3) is 14.4. The van der Waals surface area contributed by atoms with Crippen molar-refractivity contribution in [2.24, 2.45) is 0 Å². The van der Waals surface area contributed by atoms with E-state index in [1.165, 1.54) is 0 Å². The Morgan fingerprint density at radius 3 is 1.12 bits per heavy atom. The van der Waals surface area contributed by atoms with E-state index in [1.54, 1.807) is 0 Å². The SMILES string of the molecule is O=S(=O)([O-])OS(=O)(=O)[O-].[Na+].[Na+].c1ccc(Oc2ccccc2)cc1. The van der Waals surface area contributed by atoms with Crippen LogP contribution in [0.25, 0.3) is 0 Å². The Balaban J connectivity index is 0. The predicted octanol–water partition coefficient (Wildman–Crippen LogP) is -4.59. The van der Waals surface area contributed by atoms with Crippen LogP contribution in [0.4, 0.5) is 0 Å². The van der Waals surface area contributed by atoms with Crippen molar-refractivity contribution in [1.29, 1.82) is 0 Å². The third-order valence-corrected chi connectivity index (χ3v) is 3.22. The maximum Gasteiger partial charge on any atom is 1.00 e. The third-order valence-electron chi connectivity index (χ3n) is 1.89. The summed E-state index contributed by atoms with van der Waals surface area (Å²) in [6.07, 6.45) is 0. The molecule has 0 aromatic heterocycles. The van der Waals surface area contributed by atoms with Gasteiger partial charge in [-0.25, -0.2) is 16.8 Å². The van der Waals surface area contributed by atoms with Gasteiger partial charge in [-0.1, -0.05) is 36.4 Å². The average Bonchev–Trinajstić information content (AvgIpc) is 2.37. The van der Waals surface area contributed by atoms with E-state index in [-0.39, 0.29) is 59.1 Å². The zero-order valence-electron chi connectivity index (χ0n) is 12.9.